The molecule has 0 aliphatic heterocycles. The molecule has 0 spiro atoms. The molecule has 19 heavy (non-hydrogen) atoms. The largest absolute Gasteiger partial charge is 0.480 e. The minimum atomic E-state index is -0.829. The molecular formula is C13H26N2O4. The lowest BCUT2D eigenvalue weighted by molar-refractivity contribution is -0.140. The number of hydrogen-bond acceptors (Lipinski definition) is 4. The van der Waals surface area contributed by atoms with E-state index >= 15 is 0 Å². The van der Waals surface area contributed by atoms with E-state index in [0.29, 0.717) is 32.4 Å². The normalized spacial score (nSPS) is 14.0. The van der Waals surface area contributed by atoms with Crippen molar-refractivity contribution in [2.45, 2.75) is 58.0 Å². The van der Waals surface area contributed by atoms with Crippen LogP contribution in [0.2, 0.25) is 0 Å². The van der Waals surface area contributed by atoms with Crippen LogP contribution in [0.4, 0.5) is 0 Å². The number of nitrogens with one attached hydrogen (secondary N) is 2. The van der Waals surface area contributed by atoms with Crippen LogP contribution in [0, 0.1) is 0 Å². The maximum Gasteiger partial charge on any atom is 0.320 e. The fourth-order valence-electron chi connectivity index (χ4n) is 1.84. The number of carboxylic acid groups (broad SMARTS) is 2. The third kappa shape index (κ3) is 8.56. The minimum Gasteiger partial charge on any atom is -0.480 e. The van der Waals surface area contributed by atoms with Crippen molar-refractivity contribution in [2.75, 3.05) is 13.1 Å². The van der Waals surface area contributed by atoms with Crippen molar-refractivity contribution < 1.29 is 19.8 Å². The van der Waals surface area contributed by atoms with E-state index in [4.69, 9.17) is 10.2 Å². The number of hydrogen-bond donors (Lipinski definition) is 4. The van der Waals surface area contributed by atoms with Crippen LogP contribution in [-0.4, -0.2) is 47.3 Å². The topological polar surface area (TPSA) is 98.7 Å². The summed E-state index contributed by atoms with van der Waals surface area (Å²) >= 11 is 0. The van der Waals surface area contributed by atoms with Gasteiger partial charge in [0.1, 0.15) is 12.1 Å². The van der Waals surface area contributed by atoms with Crippen LogP contribution >= 0.6 is 0 Å². The highest BCUT2D eigenvalue weighted by molar-refractivity contribution is 5.73. The van der Waals surface area contributed by atoms with Crippen LogP contribution in [0.15, 0.2) is 0 Å². The Morgan fingerprint density at radius 2 is 1.26 bits per heavy atom. The number of carboxylic acids is 2. The molecule has 0 aromatic carbocycles. The SMILES string of the molecule is CCCC(NCCCNC(CCC)C(=O)O)C(=O)O. The molecule has 0 rings (SSSR count). The van der Waals surface area contributed by atoms with Crippen molar-refractivity contribution in [2.24, 2.45) is 0 Å². The van der Waals surface area contributed by atoms with Crippen molar-refractivity contribution in [1.82, 2.24) is 10.6 Å². The Kier molecular flexibility index (Phi) is 10.1. The average Bonchev–Trinajstić information content (AvgIpc) is 2.35. The second-order valence-electron chi connectivity index (χ2n) is 4.62. The smallest absolute Gasteiger partial charge is 0.320 e. The molecule has 0 fully saturated rings. The molecule has 0 radical (unpaired) electrons. The van der Waals surface area contributed by atoms with Crippen LogP contribution in [0.3, 0.4) is 0 Å². The van der Waals surface area contributed by atoms with Gasteiger partial charge in [0.15, 0.2) is 0 Å². The van der Waals surface area contributed by atoms with Gasteiger partial charge in [0.2, 0.25) is 0 Å². The Balaban J connectivity index is 3.78. The van der Waals surface area contributed by atoms with E-state index in [1.165, 1.54) is 0 Å². The van der Waals surface area contributed by atoms with Gasteiger partial charge >= 0.3 is 11.9 Å². The highest BCUT2D eigenvalue weighted by atomic mass is 16.4. The molecule has 6 heteroatoms. The molecule has 2 unspecified atom stereocenters. The number of rotatable bonds is 12. The predicted octanol–water partition coefficient (Wildman–Crippen LogP) is 1.06. The predicted molar refractivity (Wildman–Crippen MR) is 73.3 cm³/mol. The number of aliphatic carboxylic acids is 2. The molecule has 0 saturated carbocycles. The molecule has 0 aliphatic rings. The van der Waals surface area contributed by atoms with Crippen LogP contribution in [0.1, 0.15) is 46.0 Å². The summed E-state index contributed by atoms with van der Waals surface area (Å²) < 4.78 is 0. The molecule has 0 aromatic rings. The monoisotopic (exact) mass is 274 g/mol. The van der Waals surface area contributed by atoms with Crippen LogP contribution in [0.5, 0.6) is 0 Å². The first-order valence-electron chi connectivity index (χ1n) is 6.95. The highest BCUT2D eigenvalue weighted by Crippen LogP contribution is 1.98. The van der Waals surface area contributed by atoms with Crippen molar-refractivity contribution in [1.29, 1.82) is 0 Å². The molecule has 2 atom stereocenters. The van der Waals surface area contributed by atoms with Gasteiger partial charge in [-0.05, 0) is 32.4 Å². The van der Waals surface area contributed by atoms with Gasteiger partial charge in [-0.2, -0.15) is 0 Å². The van der Waals surface area contributed by atoms with Crippen molar-refractivity contribution in [3.63, 3.8) is 0 Å². The van der Waals surface area contributed by atoms with Gasteiger partial charge in [-0.15, -0.1) is 0 Å². The Hall–Kier alpha value is -1.14. The molecule has 0 saturated heterocycles. The van der Waals surface area contributed by atoms with Gasteiger partial charge in [-0.3, -0.25) is 9.59 Å². The molecule has 0 bridgehead atoms. The Labute approximate surface area is 114 Å². The van der Waals surface area contributed by atoms with E-state index in [9.17, 15) is 9.59 Å². The van der Waals surface area contributed by atoms with E-state index in [1.54, 1.807) is 0 Å². The number of carbonyl (C=O) groups is 2. The summed E-state index contributed by atoms with van der Waals surface area (Å²) in [4.78, 5) is 21.8. The summed E-state index contributed by atoms with van der Waals surface area (Å²) in [6, 6.07) is -1.01. The van der Waals surface area contributed by atoms with Gasteiger partial charge in [0, 0.05) is 0 Å². The highest BCUT2D eigenvalue weighted by Gasteiger charge is 2.16. The zero-order valence-corrected chi connectivity index (χ0v) is 11.8. The Bertz CT molecular complexity index is 245. The van der Waals surface area contributed by atoms with E-state index in [1.807, 2.05) is 13.8 Å². The van der Waals surface area contributed by atoms with Crippen molar-refractivity contribution >= 4 is 11.9 Å². The second-order valence-corrected chi connectivity index (χ2v) is 4.62. The maximum atomic E-state index is 10.9. The minimum absolute atomic E-state index is 0.504. The van der Waals surface area contributed by atoms with E-state index < -0.39 is 24.0 Å². The standard InChI is InChI=1S/C13H26N2O4/c1-3-6-10(12(16)17)14-8-5-9-15-11(7-4-2)13(18)19/h10-11,14-15H,3-9H2,1-2H3,(H,16,17)(H,18,19). The molecular weight excluding hydrogens is 248 g/mol. The van der Waals surface area contributed by atoms with Crippen LogP contribution in [0.25, 0.3) is 0 Å². The van der Waals surface area contributed by atoms with E-state index in [-0.39, 0.29) is 0 Å². The Morgan fingerprint density at radius 3 is 1.53 bits per heavy atom. The summed E-state index contributed by atoms with van der Waals surface area (Å²) in [5.74, 6) is -1.66. The first-order chi connectivity index (χ1) is 9.02. The van der Waals surface area contributed by atoms with Crippen LogP contribution in [-0.2, 0) is 9.59 Å². The lowest BCUT2D eigenvalue weighted by Crippen LogP contribution is -2.40. The first kappa shape index (κ1) is 17.9. The summed E-state index contributed by atoms with van der Waals surface area (Å²) in [5, 5.41) is 23.8. The second kappa shape index (κ2) is 10.8. The fourth-order valence-corrected chi connectivity index (χ4v) is 1.84. The third-order valence-electron chi connectivity index (χ3n) is 2.89. The lowest BCUT2D eigenvalue weighted by Gasteiger charge is -2.15. The summed E-state index contributed by atoms with van der Waals surface area (Å²) in [6.45, 7) is 5.04. The summed E-state index contributed by atoms with van der Waals surface area (Å²) in [5.41, 5.74) is 0. The van der Waals surface area contributed by atoms with Gasteiger partial charge in [-0.1, -0.05) is 26.7 Å². The van der Waals surface area contributed by atoms with Gasteiger partial charge in [0.05, 0.1) is 0 Å². The lowest BCUT2D eigenvalue weighted by atomic mass is 10.1. The fraction of sp³-hybridized carbons (Fsp3) is 0.846. The van der Waals surface area contributed by atoms with Crippen molar-refractivity contribution in [3.05, 3.63) is 0 Å². The summed E-state index contributed by atoms with van der Waals surface area (Å²) in [7, 11) is 0. The quantitative estimate of drug-likeness (QED) is 0.397. The van der Waals surface area contributed by atoms with Crippen LogP contribution < -0.4 is 10.6 Å². The first-order valence-corrected chi connectivity index (χ1v) is 6.95. The van der Waals surface area contributed by atoms with E-state index in [0.717, 1.165) is 12.8 Å². The van der Waals surface area contributed by atoms with Gasteiger partial charge in [0.25, 0.3) is 0 Å². The third-order valence-corrected chi connectivity index (χ3v) is 2.89. The zero-order chi connectivity index (χ0) is 14.7. The molecule has 0 amide bonds. The molecule has 112 valence electrons. The molecule has 0 aromatic heterocycles. The summed E-state index contributed by atoms with van der Waals surface area (Å²) in [6.07, 6.45) is 3.56. The van der Waals surface area contributed by atoms with E-state index in [2.05, 4.69) is 10.6 Å². The maximum absolute atomic E-state index is 10.9. The molecule has 0 heterocycles. The zero-order valence-electron chi connectivity index (χ0n) is 11.8. The van der Waals surface area contributed by atoms with Crippen molar-refractivity contribution in [3.8, 4) is 0 Å². The average molecular weight is 274 g/mol. The molecule has 4 N–H and O–H groups in total. The van der Waals surface area contributed by atoms with Gasteiger partial charge < -0.3 is 20.8 Å². The van der Waals surface area contributed by atoms with Gasteiger partial charge in [-0.25, -0.2) is 0 Å². The Morgan fingerprint density at radius 1 is 0.895 bits per heavy atom. The molecule has 0 aliphatic carbocycles. The molecule has 6 nitrogen and oxygen atoms in total.